The highest BCUT2D eigenvalue weighted by Gasteiger charge is 2.30. The molecule has 1 amide bonds. The van der Waals surface area contributed by atoms with E-state index < -0.39 is 0 Å². The minimum atomic E-state index is -0.169. The Labute approximate surface area is 104 Å². The normalized spacial score (nSPS) is 24.6. The Balaban J connectivity index is 2.12. The molecule has 0 aromatic rings. The van der Waals surface area contributed by atoms with Gasteiger partial charge in [-0.3, -0.25) is 4.79 Å². The lowest BCUT2D eigenvalue weighted by molar-refractivity contribution is -0.125. The molecule has 0 aromatic heterocycles. The highest BCUT2D eigenvalue weighted by molar-refractivity contribution is 5.79. The van der Waals surface area contributed by atoms with Crippen LogP contribution in [-0.4, -0.2) is 56.2 Å². The Morgan fingerprint density at radius 1 is 1.53 bits per heavy atom. The van der Waals surface area contributed by atoms with Crippen molar-refractivity contribution in [2.75, 3.05) is 33.4 Å². The van der Waals surface area contributed by atoms with Crippen LogP contribution in [0.3, 0.4) is 0 Å². The van der Waals surface area contributed by atoms with Gasteiger partial charge in [-0.1, -0.05) is 0 Å². The molecule has 1 fully saturated rings. The van der Waals surface area contributed by atoms with Gasteiger partial charge in [-0.05, 0) is 33.9 Å². The zero-order valence-electron chi connectivity index (χ0n) is 11.1. The van der Waals surface area contributed by atoms with Crippen molar-refractivity contribution in [2.24, 2.45) is 11.7 Å². The molecule has 17 heavy (non-hydrogen) atoms. The van der Waals surface area contributed by atoms with Crippen LogP contribution in [0.2, 0.25) is 0 Å². The minimum absolute atomic E-state index is 0.0298. The fourth-order valence-electron chi connectivity index (χ4n) is 1.77. The van der Waals surface area contributed by atoms with Crippen molar-refractivity contribution in [3.63, 3.8) is 0 Å². The topological polar surface area (TPSA) is 67.6 Å². The van der Waals surface area contributed by atoms with Crippen LogP contribution in [0.4, 0.5) is 0 Å². The summed E-state index contributed by atoms with van der Waals surface area (Å²) in [7, 11) is 2.09. The van der Waals surface area contributed by atoms with Crippen LogP contribution < -0.4 is 11.1 Å². The van der Waals surface area contributed by atoms with Crippen LogP contribution in [-0.2, 0) is 9.53 Å². The Morgan fingerprint density at radius 2 is 2.24 bits per heavy atom. The Kier molecular flexibility index (Phi) is 5.88. The number of nitrogens with one attached hydrogen (secondary N) is 1. The number of carbonyl (C=O) groups excluding carboxylic acids is 1. The molecule has 5 heteroatoms. The summed E-state index contributed by atoms with van der Waals surface area (Å²) in [4.78, 5) is 14.0. The quantitative estimate of drug-likeness (QED) is 0.634. The highest BCUT2D eigenvalue weighted by atomic mass is 16.5. The lowest BCUT2D eigenvalue weighted by Crippen LogP contribution is -2.41. The van der Waals surface area contributed by atoms with Gasteiger partial charge in [-0.2, -0.15) is 0 Å². The summed E-state index contributed by atoms with van der Waals surface area (Å²) < 4.78 is 5.17. The van der Waals surface area contributed by atoms with Gasteiger partial charge in [-0.15, -0.1) is 0 Å². The SMILES string of the molecule is CC(C)N(C)CCCNC(=O)C1COCC1N. The van der Waals surface area contributed by atoms with E-state index in [0.29, 0.717) is 25.8 Å². The fourth-order valence-corrected chi connectivity index (χ4v) is 1.77. The van der Waals surface area contributed by atoms with Gasteiger partial charge in [0.2, 0.25) is 5.91 Å². The van der Waals surface area contributed by atoms with E-state index in [1.165, 1.54) is 0 Å². The van der Waals surface area contributed by atoms with E-state index in [-0.39, 0.29) is 17.9 Å². The third-order valence-electron chi connectivity index (χ3n) is 3.33. The number of rotatable bonds is 6. The van der Waals surface area contributed by atoms with Crippen LogP contribution >= 0.6 is 0 Å². The molecule has 1 heterocycles. The summed E-state index contributed by atoms with van der Waals surface area (Å²) in [6.45, 7) is 6.97. The van der Waals surface area contributed by atoms with Gasteiger partial charge < -0.3 is 20.7 Å². The van der Waals surface area contributed by atoms with Gasteiger partial charge in [-0.25, -0.2) is 0 Å². The fraction of sp³-hybridized carbons (Fsp3) is 0.917. The van der Waals surface area contributed by atoms with E-state index >= 15 is 0 Å². The van der Waals surface area contributed by atoms with E-state index in [4.69, 9.17) is 10.5 Å². The van der Waals surface area contributed by atoms with Crippen molar-refractivity contribution in [2.45, 2.75) is 32.4 Å². The van der Waals surface area contributed by atoms with Crippen LogP contribution in [0.1, 0.15) is 20.3 Å². The molecule has 0 bridgehead atoms. The molecule has 5 nitrogen and oxygen atoms in total. The van der Waals surface area contributed by atoms with Crippen molar-refractivity contribution in [1.29, 1.82) is 0 Å². The predicted octanol–water partition coefficient (Wildman–Crippen LogP) is -0.193. The molecule has 3 N–H and O–H groups in total. The maximum atomic E-state index is 11.7. The summed E-state index contributed by atoms with van der Waals surface area (Å²) >= 11 is 0. The summed E-state index contributed by atoms with van der Waals surface area (Å²) in [5.74, 6) is -0.139. The summed E-state index contributed by atoms with van der Waals surface area (Å²) in [6, 6.07) is 0.399. The van der Waals surface area contributed by atoms with Crippen LogP contribution in [0.25, 0.3) is 0 Å². The van der Waals surface area contributed by atoms with Gasteiger partial charge >= 0.3 is 0 Å². The number of nitrogens with two attached hydrogens (primary N) is 1. The van der Waals surface area contributed by atoms with Crippen molar-refractivity contribution < 1.29 is 9.53 Å². The predicted molar refractivity (Wildman–Crippen MR) is 67.7 cm³/mol. The second kappa shape index (κ2) is 6.93. The van der Waals surface area contributed by atoms with Gasteiger partial charge in [0.1, 0.15) is 0 Å². The molecule has 1 aliphatic heterocycles. The molecule has 0 saturated carbocycles. The van der Waals surface area contributed by atoms with Gasteiger partial charge in [0.15, 0.2) is 0 Å². The third-order valence-corrected chi connectivity index (χ3v) is 3.33. The first-order valence-corrected chi connectivity index (χ1v) is 6.33. The second-order valence-electron chi connectivity index (χ2n) is 5.03. The van der Waals surface area contributed by atoms with Crippen molar-refractivity contribution in [3.05, 3.63) is 0 Å². The van der Waals surface area contributed by atoms with Crippen molar-refractivity contribution >= 4 is 5.91 Å². The molecule has 0 radical (unpaired) electrons. The van der Waals surface area contributed by atoms with E-state index in [0.717, 1.165) is 13.0 Å². The maximum Gasteiger partial charge on any atom is 0.227 e. The molecule has 0 aliphatic carbocycles. The Hall–Kier alpha value is -0.650. The number of nitrogens with zero attached hydrogens (tertiary/aromatic N) is 1. The molecule has 0 aromatic carbocycles. The maximum absolute atomic E-state index is 11.7. The van der Waals surface area contributed by atoms with E-state index in [1.54, 1.807) is 0 Å². The lowest BCUT2D eigenvalue weighted by atomic mass is 10.0. The first-order valence-electron chi connectivity index (χ1n) is 6.33. The number of hydrogen-bond acceptors (Lipinski definition) is 4. The summed E-state index contributed by atoms with van der Waals surface area (Å²) in [5, 5.41) is 2.92. The zero-order chi connectivity index (χ0) is 12.8. The zero-order valence-corrected chi connectivity index (χ0v) is 11.1. The second-order valence-corrected chi connectivity index (χ2v) is 5.03. The largest absolute Gasteiger partial charge is 0.379 e. The van der Waals surface area contributed by atoms with E-state index in [9.17, 15) is 4.79 Å². The molecule has 0 spiro atoms. The molecule has 1 aliphatic rings. The van der Waals surface area contributed by atoms with E-state index in [1.807, 2.05) is 0 Å². The molecular weight excluding hydrogens is 218 g/mol. The number of carbonyl (C=O) groups is 1. The molecule has 2 atom stereocenters. The smallest absolute Gasteiger partial charge is 0.227 e. The molecule has 1 rings (SSSR count). The van der Waals surface area contributed by atoms with Crippen LogP contribution in [0.5, 0.6) is 0 Å². The molecule has 2 unspecified atom stereocenters. The first kappa shape index (κ1) is 14.4. The van der Waals surface area contributed by atoms with E-state index in [2.05, 4.69) is 31.1 Å². The van der Waals surface area contributed by atoms with Crippen LogP contribution in [0.15, 0.2) is 0 Å². The highest BCUT2D eigenvalue weighted by Crippen LogP contribution is 2.11. The Morgan fingerprint density at radius 3 is 2.76 bits per heavy atom. The summed E-state index contributed by atoms with van der Waals surface area (Å²) in [6.07, 6.45) is 0.962. The minimum Gasteiger partial charge on any atom is -0.379 e. The Bertz CT molecular complexity index is 246. The summed E-state index contributed by atoms with van der Waals surface area (Å²) in [5.41, 5.74) is 5.78. The number of ether oxygens (including phenoxy) is 1. The lowest BCUT2D eigenvalue weighted by Gasteiger charge is -2.21. The standard InChI is InChI=1S/C12H25N3O2/c1-9(2)15(3)6-4-5-14-12(16)10-7-17-8-11(10)13/h9-11H,4-8,13H2,1-3H3,(H,14,16). The first-order chi connectivity index (χ1) is 8.02. The monoisotopic (exact) mass is 243 g/mol. The van der Waals surface area contributed by atoms with Gasteiger partial charge in [0.05, 0.1) is 19.1 Å². The van der Waals surface area contributed by atoms with Gasteiger partial charge in [0.25, 0.3) is 0 Å². The molecule has 1 saturated heterocycles. The van der Waals surface area contributed by atoms with Crippen LogP contribution in [0, 0.1) is 5.92 Å². The third kappa shape index (κ3) is 4.61. The van der Waals surface area contributed by atoms with Gasteiger partial charge in [0, 0.05) is 18.6 Å². The molecular formula is C12H25N3O2. The van der Waals surface area contributed by atoms with Crippen molar-refractivity contribution in [3.8, 4) is 0 Å². The average Bonchev–Trinajstić information content (AvgIpc) is 2.70. The van der Waals surface area contributed by atoms with Crippen molar-refractivity contribution in [1.82, 2.24) is 10.2 Å². The average molecular weight is 243 g/mol. The number of hydrogen-bond donors (Lipinski definition) is 2. The number of amides is 1. The molecule has 100 valence electrons.